The van der Waals surface area contributed by atoms with E-state index in [9.17, 15) is 21.6 Å². The number of nitrogens with zero attached hydrogens (tertiary/aromatic N) is 2. The lowest BCUT2D eigenvalue weighted by Gasteiger charge is -2.13. The topological polar surface area (TPSA) is 104 Å². The van der Waals surface area contributed by atoms with Crippen LogP contribution in [0.2, 0.25) is 0 Å². The van der Waals surface area contributed by atoms with Crippen LogP contribution in [-0.2, 0) is 22.7 Å². The third-order valence-corrected chi connectivity index (χ3v) is 5.49. The van der Waals surface area contributed by atoms with Crippen LogP contribution < -0.4 is 14.2 Å². The van der Waals surface area contributed by atoms with E-state index < -0.39 is 27.9 Å². The second-order valence-corrected chi connectivity index (χ2v) is 7.65. The number of alkyl halides is 3. The van der Waals surface area contributed by atoms with Crippen molar-refractivity contribution in [1.82, 2.24) is 14.9 Å². The molecule has 8 nitrogen and oxygen atoms in total. The number of methoxy groups -OCH3 is 2. The summed E-state index contributed by atoms with van der Waals surface area (Å²) >= 11 is 0. The highest BCUT2D eigenvalue weighted by Crippen LogP contribution is 2.31. The van der Waals surface area contributed by atoms with Crippen LogP contribution in [0.4, 0.5) is 13.2 Å². The Labute approximate surface area is 169 Å². The average Bonchev–Trinajstić information content (AvgIpc) is 3.23. The summed E-state index contributed by atoms with van der Waals surface area (Å²) in [4.78, 5) is 2.96. The van der Waals surface area contributed by atoms with Gasteiger partial charge in [0.15, 0.2) is 0 Å². The molecule has 0 saturated heterocycles. The summed E-state index contributed by atoms with van der Waals surface area (Å²) in [5.41, 5.74) is 0.393. The normalized spacial score (nSPS) is 12.0. The minimum absolute atomic E-state index is 0.133. The Hall–Kier alpha value is -3.12. The third-order valence-electron chi connectivity index (χ3n) is 4.03. The van der Waals surface area contributed by atoms with Crippen molar-refractivity contribution < 1.29 is 35.6 Å². The highest BCUT2D eigenvalue weighted by molar-refractivity contribution is 7.89. The first-order chi connectivity index (χ1) is 14.2. The highest BCUT2D eigenvalue weighted by Gasteiger charge is 2.39. The number of rotatable bonds is 7. The molecule has 0 unspecified atom stereocenters. The van der Waals surface area contributed by atoms with E-state index in [1.807, 2.05) is 0 Å². The number of aromatic nitrogens is 2. The third kappa shape index (κ3) is 4.54. The van der Waals surface area contributed by atoms with Crippen LogP contribution >= 0.6 is 0 Å². The number of halogens is 3. The van der Waals surface area contributed by atoms with Gasteiger partial charge in [0.1, 0.15) is 11.5 Å². The number of ether oxygens (including phenoxy) is 2. The number of sulfonamides is 1. The summed E-state index contributed by atoms with van der Waals surface area (Å²) in [5.74, 6) is -1.13. The lowest BCUT2D eigenvalue weighted by atomic mass is 10.2. The van der Waals surface area contributed by atoms with Gasteiger partial charge in [-0.05, 0) is 18.2 Å². The molecule has 0 aliphatic rings. The van der Waals surface area contributed by atoms with Gasteiger partial charge >= 0.3 is 12.1 Å². The van der Waals surface area contributed by atoms with Crippen LogP contribution in [0.5, 0.6) is 11.5 Å². The Morgan fingerprint density at radius 3 is 2.47 bits per heavy atom. The van der Waals surface area contributed by atoms with Crippen LogP contribution in [0.1, 0.15) is 11.5 Å². The van der Waals surface area contributed by atoms with Gasteiger partial charge in [0.05, 0.1) is 19.1 Å². The van der Waals surface area contributed by atoms with Gasteiger partial charge in [-0.3, -0.25) is 0 Å². The Morgan fingerprint density at radius 2 is 1.83 bits per heavy atom. The predicted molar refractivity (Wildman–Crippen MR) is 98.3 cm³/mol. The maximum atomic E-state index is 12.8. The van der Waals surface area contributed by atoms with Crippen molar-refractivity contribution in [3.8, 4) is 22.9 Å². The molecule has 0 fully saturated rings. The van der Waals surface area contributed by atoms with Crippen LogP contribution in [0.3, 0.4) is 0 Å². The van der Waals surface area contributed by atoms with Gasteiger partial charge in [0.2, 0.25) is 15.8 Å². The summed E-state index contributed by atoms with van der Waals surface area (Å²) in [6, 6.07) is 10.2. The van der Waals surface area contributed by atoms with E-state index >= 15 is 0 Å². The highest BCUT2D eigenvalue weighted by atomic mass is 32.2. The summed E-state index contributed by atoms with van der Waals surface area (Å²) < 4.78 is 80.8. The molecule has 0 spiro atoms. The molecular formula is C18H16F3N3O5S. The standard InChI is InChI=1S/C18H16F3N3O5S/c1-27-12-8-7-11(14(9-12)28-2)10-22-30(25,26)15-6-4-3-5-13(15)16-23-17(29-24-16)18(19,20)21/h3-9,22H,10H2,1-2H3. The molecule has 0 saturated carbocycles. The average molecular weight is 443 g/mol. The quantitative estimate of drug-likeness (QED) is 0.598. The zero-order valence-corrected chi connectivity index (χ0v) is 16.5. The van der Waals surface area contributed by atoms with Gasteiger partial charge in [-0.1, -0.05) is 23.4 Å². The number of hydrogen-bond acceptors (Lipinski definition) is 7. The van der Waals surface area contributed by atoms with Crippen LogP contribution in [0.25, 0.3) is 11.4 Å². The zero-order chi connectivity index (χ0) is 21.9. The van der Waals surface area contributed by atoms with Gasteiger partial charge in [-0.25, -0.2) is 13.1 Å². The second-order valence-electron chi connectivity index (χ2n) is 5.92. The van der Waals surface area contributed by atoms with E-state index in [2.05, 4.69) is 19.4 Å². The molecule has 1 aromatic heterocycles. The Balaban J connectivity index is 1.90. The molecule has 0 aliphatic carbocycles. The first kappa shape index (κ1) is 21.6. The molecule has 0 amide bonds. The molecule has 3 rings (SSSR count). The minimum Gasteiger partial charge on any atom is -0.497 e. The zero-order valence-electron chi connectivity index (χ0n) is 15.7. The molecule has 3 aromatic rings. The monoisotopic (exact) mass is 443 g/mol. The summed E-state index contributed by atoms with van der Waals surface area (Å²) in [7, 11) is -1.23. The molecule has 1 N–H and O–H groups in total. The fraction of sp³-hybridized carbons (Fsp3) is 0.222. The van der Waals surface area contributed by atoms with E-state index in [-0.39, 0.29) is 17.0 Å². The molecule has 0 atom stereocenters. The Kier molecular flexibility index (Phi) is 5.99. The molecule has 2 aromatic carbocycles. The SMILES string of the molecule is COc1ccc(CNS(=O)(=O)c2ccccc2-c2noc(C(F)(F)F)n2)c(OC)c1. The number of nitrogens with one attached hydrogen (secondary N) is 1. The largest absolute Gasteiger partial charge is 0.497 e. The lowest BCUT2D eigenvalue weighted by molar-refractivity contribution is -0.159. The predicted octanol–water partition coefficient (Wildman–Crippen LogP) is 3.25. The van der Waals surface area contributed by atoms with Crippen molar-refractivity contribution in [2.45, 2.75) is 17.6 Å². The second kappa shape index (κ2) is 8.32. The van der Waals surface area contributed by atoms with Crippen molar-refractivity contribution in [2.75, 3.05) is 14.2 Å². The van der Waals surface area contributed by atoms with Crippen molar-refractivity contribution in [1.29, 1.82) is 0 Å². The van der Waals surface area contributed by atoms with Crippen molar-refractivity contribution >= 4 is 10.0 Å². The van der Waals surface area contributed by atoms with E-state index in [0.29, 0.717) is 17.1 Å². The maximum absolute atomic E-state index is 12.8. The number of hydrogen-bond donors (Lipinski definition) is 1. The molecule has 12 heteroatoms. The van der Waals surface area contributed by atoms with Gasteiger partial charge in [0.25, 0.3) is 0 Å². The lowest BCUT2D eigenvalue weighted by Crippen LogP contribution is -2.24. The summed E-state index contributed by atoms with van der Waals surface area (Å²) in [6.07, 6.45) is -4.85. The smallest absolute Gasteiger partial charge is 0.471 e. The van der Waals surface area contributed by atoms with E-state index in [1.165, 1.54) is 38.5 Å². The molecule has 0 bridgehead atoms. The van der Waals surface area contributed by atoms with Gasteiger partial charge in [0, 0.05) is 23.7 Å². The molecule has 160 valence electrons. The van der Waals surface area contributed by atoms with Gasteiger partial charge in [-0.15, -0.1) is 0 Å². The van der Waals surface area contributed by atoms with Gasteiger partial charge < -0.3 is 14.0 Å². The van der Waals surface area contributed by atoms with Crippen molar-refractivity contribution in [3.63, 3.8) is 0 Å². The Bertz CT molecular complexity index is 1150. The van der Waals surface area contributed by atoms with Gasteiger partial charge in [-0.2, -0.15) is 18.2 Å². The summed E-state index contributed by atoms with van der Waals surface area (Å²) in [5, 5.41) is 3.26. The molecule has 30 heavy (non-hydrogen) atoms. The van der Waals surface area contributed by atoms with Crippen LogP contribution in [0.15, 0.2) is 51.9 Å². The fourth-order valence-electron chi connectivity index (χ4n) is 2.58. The van der Waals surface area contributed by atoms with Crippen molar-refractivity contribution in [3.05, 3.63) is 53.9 Å². The first-order valence-corrected chi connectivity index (χ1v) is 9.85. The Morgan fingerprint density at radius 1 is 1.10 bits per heavy atom. The number of benzene rings is 2. The molecule has 1 heterocycles. The van der Waals surface area contributed by atoms with E-state index in [0.717, 1.165) is 0 Å². The van der Waals surface area contributed by atoms with Crippen molar-refractivity contribution in [2.24, 2.45) is 0 Å². The maximum Gasteiger partial charge on any atom is 0.471 e. The fourth-order valence-corrected chi connectivity index (χ4v) is 3.79. The van der Waals surface area contributed by atoms with Crippen LogP contribution in [-0.4, -0.2) is 32.8 Å². The minimum atomic E-state index is -4.85. The van der Waals surface area contributed by atoms with E-state index in [1.54, 1.807) is 18.2 Å². The molecular weight excluding hydrogens is 427 g/mol. The molecule has 0 radical (unpaired) electrons. The summed E-state index contributed by atoms with van der Waals surface area (Å²) in [6.45, 7) is -0.135. The van der Waals surface area contributed by atoms with E-state index in [4.69, 9.17) is 9.47 Å². The molecule has 0 aliphatic heterocycles. The first-order valence-electron chi connectivity index (χ1n) is 8.36. The van der Waals surface area contributed by atoms with Crippen LogP contribution in [0, 0.1) is 0 Å².